The maximum Gasteiger partial charge on any atom is 0.352 e. The van der Waals surface area contributed by atoms with Crippen LogP contribution in [0.4, 0.5) is 0 Å². The Labute approximate surface area is 239 Å². The predicted octanol–water partition coefficient (Wildman–Crippen LogP) is 2.86. The number of ether oxygens (including phenoxy) is 1. The standard InChI is InChI=1S/C26H21BrCl2N4O6/c1-39-15-7-8-17(19(34)11-15)20-16-9-10-31-23(37)32(14-5-3-2-4-6-14)24(38)33(31)18(16)12-25(28)21(35)30(13-27)22(36)26(20,25)29/h2-9,11,18,20,34H,10,12-13H2,1H3. The van der Waals surface area contributed by atoms with Crippen molar-refractivity contribution < 1.29 is 19.4 Å². The molecule has 1 N–H and O–H groups in total. The molecule has 0 bridgehead atoms. The van der Waals surface area contributed by atoms with Crippen LogP contribution in [-0.2, 0) is 16.1 Å². The molecule has 1 aromatic heterocycles. The van der Waals surface area contributed by atoms with Crippen molar-refractivity contribution in [3.63, 3.8) is 0 Å². The molecule has 2 amide bonds. The molecule has 2 aromatic carbocycles. The predicted molar refractivity (Wildman–Crippen MR) is 146 cm³/mol. The van der Waals surface area contributed by atoms with E-state index in [4.69, 9.17) is 27.9 Å². The Bertz CT molecular complexity index is 1700. The Morgan fingerprint density at radius 3 is 2.41 bits per heavy atom. The number of aromatic hydroxyl groups is 1. The van der Waals surface area contributed by atoms with Gasteiger partial charge in [0.25, 0.3) is 11.8 Å². The van der Waals surface area contributed by atoms with E-state index in [1.807, 2.05) is 0 Å². The number of allylic oxidation sites excluding steroid dienone is 2. The molecular weight excluding hydrogens is 615 g/mol. The molecule has 4 atom stereocenters. The van der Waals surface area contributed by atoms with Crippen LogP contribution in [0.15, 0.2) is 69.8 Å². The molecule has 6 rings (SSSR count). The quantitative estimate of drug-likeness (QED) is 0.204. The van der Waals surface area contributed by atoms with Crippen LogP contribution in [0.1, 0.15) is 23.9 Å². The zero-order chi connectivity index (χ0) is 27.9. The van der Waals surface area contributed by atoms with Gasteiger partial charge in [0.05, 0.1) is 30.8 Å². The number of phenols is 1. The molecule has 0 radical (unpaired) electrons. The lowest BCUT2D eigenvalue weighted by molar-refractivity contribution is -0.138. The van der Waals surface area contributed by atoms with Crippen LogP contribution >= 0.6 is 39.1 Å². The second kappa shape index (κ2) is 8.87. The maximum atomic E-state index is 13.8. The third kappa shape index (κ3) is 3.26. The zero-order valence-electron chi connectivity index (χ0n) is 20.4. The number of imide groups is 1. The van der Waals surface area contributed by atoms with E-state index in [0.29, 0.717) is 17.0 Å². The highest BCUT2D eigenvalue weighted by atomic mass is 79.9. The highest BCUT2D eigenvalue weighted by Gasteiger charge is 2.75. The summed E-state index contributed by atoms with van der Waals surface area (Å²) in [5.41, 5.74) is -0.229. The third-order valence-corrected chi connectivity index (χ3v) is 9.76. The van der Waals surface area contributed by atoms with Crippen molar-refractivity contribution in [1.29, 1.82) is 0 Å². The molecule has 1 aliphatic carbocycles. The van der Waals surface area contributed by atoms with E-state index in [2.05, 4.69) is 15.9 Å². The molecule has 2 fully saturated rings. The van der Waals surface area contributed by atoms with E-state index >= 15 is 0 Å². The summed E-state index contributed by atoms with van der Waals surface area (Å²) in [5, 5.41) is 11.0. The minimum absolute atomic E-state index is 0.000291. The first-order valence-electron chi connectivity index (χ1n) is 12.0. The number of alkyl halides is 3. The number of hydrogen-bond acceptors (Lipinski definition) is 6. The number of rotatable bonds is 4. The molecule has 10 nitrogen and oxygen atoms in total. The lowest BCUT2D eigenvalue weighted by Crippen LogP contribution is -2.59. The highest BCUT2D eigenvalue weighted by Crippen LogP contribution is 2.64. The SMILES string of the molecule is COc1ccc(C2C3=CCn4c(=O)n(-c5ccccc5)c(=O)n4C3CC3(Cl)C(=O)N(CBr)C(=O)C23Cl)c(O)c1. The molecule has 3 aromatic rings. The summed E-state index contributed by atoms with van der Waals surface area (Å²) >= 11 is 17.5. The second-order valence-corrected chi connectivity index (χ2v) is 11.4. The molecule has 1 saturated carbocycles. The summed E-state index contributed by atoms with van der Waals surface area (Å²) < 4.78 is 8.81. The molecule has 1 saturated heterocycles. The molecule has 3 heterocycles. The summed E-state index contributed by atoms with van der Waals surface area (Å²) in [7, 11) is 1.44. The van der Waals surface area contributed by atoms with Gasteiger partial charge in [-0.05, 0) is 23.8 Å². The van der Waals surface area contributed by atoms with Gasteiger partial charge < -0.3 is 9.84 Å². The summed E-state index contributed by atoms with van der Waals surface area (Å²) in [5.74, 6) is -2.43. The van der Waals surface area contributed by atoms with Gasteiger partial charge in [0.1, 0.15) is 11.5 Å². The average molecular weight is 636 g/mol. The van der Waals surface area contributed by atoms with Crippen LogP contribution in [0, 0.1) is 0 Å². The fraction of sp³-hybridized carbons (Fsp3) is 0.308. The van der Waals surface area contributed by atoms with E-state index in [1.54, 1.807) is 48.5 Å². The van der Waals surface area contributed by atoms with Gasteiger partial charge in [-0.2, -0.15) is 0 Å². The summed E-state index contributed by atoms with van der Waals surface area (Å²) in [6.07, 6.45) is 1.48. The van der Waals surface area contributed by atoms with Gasteiger partial charge >= 0.3 is 11.4 Å². The van der Waals surface area contributed by atoms with Crippen LogP contribution in [0.5, 0.6) is 11.5 Å². The largest absolute Gasteiger partial charge is 0.508 e. The van der Waals surface area contributed by atoms with Crippen molar-refractivity contribution >= 4 is 50.9 Å². The lowest BCUT2D eigenvalue weighted by atomic mass is 9.64. The number of likely N-dealkylation sites (tertiary alicyclic amines) is 1. The molecule has 202 valence electrons. The van der Waals surface area contributed by atoms with Gasteiger partial charge in [-0.3, -0.25) is 14.5 Å². The summed E-state index contributed by atoms with van der Waals surface area (Å²) in [6.45, 7) is -0.000291. The van der Waals surface area contributed by atoms with Gasteiger partial charge in [-0.25, -0.2) is 23.5 Å². The molecule has 2 aliphatic heterocycles. The van der Waals surface area contributed by atoms with E-state index in [-0.39, 0.29) is 29.7 Å². The van der Waals surface area contributed by atoms with Crippen molar-refractivity contribution in [2.75, 3.05) is 12.6 Å². The number of fused-ring (bicyclic) bond motifs is 4. The third-order valence-electron chi connectivity index (χ3n) is 7.84. The lowest BCUT2D eigenvalue weighted by Gasteiger charge is -2.49. The molecule has 3 aliphatic rings. The molecular formula is C26H21BrCl2N4O6. The Balaban J connectivity index is 1.62. The van der Waals surface area contributed by atoms with Gasteiger partial charge in [0.15, 0.2) is 9.75 Å². The van der Waals surface area contributed by atoms with Gasteiger partial charge in [0.2, 0.25) is 0 Å². The number of aromatic nitrogens is 3. The smallest absolute Gasteiger partial charge is 0.352 e. The van der Waals surface area contributed by atoms with Crippen molar-refractivity contribution in [2.45, 2.75) is 34.7 Å². The van der Waals surface area contributed by atoms with Crippen LogP contribution in [0.25, 0.3) is 5.69 Å². The van der Waals surface area contributed by atoms with E-state index < -0.39 is 44.9 Å². The van der Waals surface area contributed by atoms with E-state index in [0.717, 1.165) is 9.47 Å². The number of phenolic OH excluding ortho intramolecular Hbond substituents is 1. The number of hydrogen-bond donors (Lipinski definition) is 1. The normalized spacial score (nSPS) is 27.6. The maximum absolute atomic E-state index is 13.8. The van der Waals surface area contributed by atoms with Crippen molar-refractivity contribution in [1.82, 2.24) is 18.8 Å². The Hall–Kier alpha value is -3.28. The second-order valence-electron chi connectivity index (χ2n) is 9.62. The topological polar surface area (TPSA) is 116 Å². The number of methoxy groups -OCH3 is 1. The first kappa shape index (κ1) is 26.0. The average Bonchev–Trinajstić information content (AvgIpc) is 3.27. The van der Waals surface area contributed by atoms with Gasteiger partial charge in [0, 0.05) is 24.0 Å². The molecule has 4 unspecified atom stereocenters. The summed E-state index contributed by atoms with van der Waals surface area (Å²) in [6, 6.07) is 12.1. The Morgan fingerprint density at radius 1 is 1.05 bits per heavy atom. The van der Waals surface area contributed by atoms with E-state index in [1.165, 1.54) is 22.5 Å². The molecule has 39 heavy (non-hydrogen) atoms. The van der Waals surface area contributed by atoms with E-state index in [9.17, 15) is 24.3 Å². The van der Waals surface area contributed by atoms with Crippen LogP contribution in [0.3, 0.4) is 0 Å². The number of halogens is 3. The number of carbonyl (C=O) groups is 2. The number of amides is 2. The van der Waals surface area contributed by atoms with Crippen molar-refractivity contribution in [3.05, 3.63) is 86.7 Å². The van der Waals surface area contributed by atoms with Crippen LogP contribution in [-0.4, -0.2) is 58.1 Å². The Morgan fingerprint density at radius 2 is 1.77 bits per heavy atom. The van der Waals surface area contributed by atoms with Crippen molar-refractivity contribution in [3.8, 4) is 17.2 Å². The number of para-hydroxylation sites is 1. The van der Waals surface area contributed by atoms with Gasteiger partial charge in [-0.1, -0.05) is 46.3 Å². The van der Waals surface area contributed by atoms with Crippen LogP contribution < -0.4 is 16.1 Å². The number of benzene rings is 2. The highest BCUT2D eigenvalue weighted by molar-refractivity contribution is 9.09. The number of nitrogens with zero attached hydrogens (tertiary/aromatic N) is 4. The summed E-state index contributed by atoms with van der Waals surface area (Å²) in [4.78, 5) is 51.5. The minimum atomic E-state index is -2.03. The molecule has 0 spiro atoms. The fourth-order valence-corrected chi connectivity index (χ4v) is 7.45. The van der Waals surface area contributed by atoms with Crippen LogP contribution in [0.2, 0.25) is 0 Å². The van der Waals surface area contributed by atoms with Gasteiger partial charge in [-0.15, -0.1) is 23.2 Å². The zero-order valence-corrected chi connectivity index (χ0v) is 23.5. The molecule has 13 heteroatoms. The minimum Gasteiger partial charge on any atom is -0.508 e. The first-order chi connectivity index (χ1) is 18.6. The monoisotopic (exact) mass is 634 g/mol. The first-order valence-corrected chi connectivity index (χ1v) is 13.8. The van der Waals surface area contributed by atoms with Crippen molar-refractivity contribution in [2.24, 2.45) is 0 Å². The fourth-order valence-electron chi connectivity index (χ4n) is 6.05. The Kier molecular flexibility index (Phi) is 5.91. The number of carbonyl (C=O) groups excluding carboxylic acids is 2.